The van der Waals surface area contributed by atoms with Crippen LogP contribution in [0.4, 0.5) is 4.79 Å². The second kappa shape index (κ2) is 7.85. The number of rotatable bonds is 7. The quantitative estimate of drug-likeness (QED) is 0.425. The Hall–Kier alpha value is -3.10. The Labute approximate surface area is 151 Å². The minimum Gasteiger partial charge on any atom is -0.493 e. The molecular formula is C17H22N4O5. The number of carbonyl (C=O) groups is 3. The molecule has 0 aliphatic carbocycles. The van der Waals surface area contributed by atoms with Crippen LogP contribution in [-0.4, -0.2) is 55.3 Å². The Morgan fingerprint density at radius 2 is 2.04 bits per heavy atom. The van der Waals surface area contributed by atoms with Crippen LogP contribution >= 0.6 is 0 Å². The molecule has 0 radical (unpaired) electrons. The number of methoxy groups -OCH3 is 2. The molecule has 0 unspecified atom stereocenters. The fourth-order valence-corrected chi connectivity index (χ4v) is 2.48. The SMILES string of the molecule is COc1cccc(/C=N\NC(=O)CCN2C(=O)NC(C)(C)C2=O)c1OC. The number of hydrogen-bond donors (Lipinski definition) is 2. The van der Waals surface area contributed by atoms with Crippen LogP contribution in [0.3, 0.4) is 0 Å². The molecule has 26 heavy (non-hydrogen) atoms. The molecule has 2 N–H and O–H groups in total. The molecule has 1 aromatic carbocycles. The molecule has 140 valence electrons. The normalized spacial score (nSPS) is 15.9. The van der Waals surface area contributed by atoms with Crippen molar-refractivity contribution in [1.29, 1.82) is 0 Å². The van der Waals surface area contributed by atoms with Gasteiger partial charge in [0.25, 0.3) is 5.91 Å². The van der Waals surface area contributed by atoms with Crippen molar-refractivity contribution < 1.29 is 23.9 Å². The molecule has 9 heteroatoms. The summed E-state index contributed by atoms with van der Waals surface area (Å²) in [6.45, 7) is 3.20. The summed E-state index contributed by atoms with van der Waals surface area (Å²) in [5.74, 6) is 0.256. The van der Waals surface area contributed by atoms with E-state index in [1.54, 1.807) is 32.0 Å². The van der Waals surface area contributed by atoms with E-state index in [0.717, 1.165) is 4.90 Å². The van der Waals surface area contributed by atoms with Crippen LogP contribution in [0.1, 0.15) is 25.8 Å². The molecule has 0 aromatic heterocycles. The molecule has 0 atom stereocenters. The molecule has 1 heterocycles. The smallest absolute Gasteiger partial charge is 0.325 e. The summed E-state index contributed by atoms with van der Waals surface area (Å²) in [6, 6.07) is 4.77. The van der Waals surface area contributed by atoms with Crippen LogP contribution in [0, 0.1) is 0 Å². The molecule has 1 fully saturated rings. The van der Waals surface area contributed by atoms with Gasteiger partial charge in [0.2, 0.25) is 5.91 Å². The standard InChI is InChI=1S/C17H22N4O5/c1-17(2)15(23)21(16(24)19-17)9-8-13(22)20-18-10-11-6-5-7-12(25-3)14(11)26-4/h5-7,10H,8-9H2,1-4H3,(H,19,24)(H,20,22)/b18-10-. The second-order valence-corrected chi connectivity index (χ2v) is 6.14. The third-order valence-electron chi connectivity index (χ3n) is 3.83. The molecular weight excluding hydrogens is 340 g/mol. The van der Waals surface area contributed by atoms with Crippen molar-refractivity contribution in [1.82, 2.24) is 15.6 Å². The zero-order valence-corrected chi connectivity index (χ0v) is 15.2. The first-order chi connectivity index (χ1) is 12.3. The second-order valence-electron chi connectivity index (χ2n) is 6.14. The summed E-state index contributed by atoms with van der Waals surface area (Å²) in [4.78, 5) is 36.7. The van der Waals surface area contributed by atoms with Crippen LogP contribution in [-0.2, 0) is 9.59 Å². The first kappa shape index (κ1) is 19.2. The predicted octanol–water partition coefficient (Wildman–Crippen LogP) is 0.874. The maximum atomic E-state index is 12.0. The maximum absolute atomic E-state index is 12.0. The zero-order chi connectivity index (χ0) is 19.3. The van der Waals surface area contributed by atoms with Gasteiger partial charge >= 0.3 is 6.03 Å². The van der Waals surface area contributed by atoms with E-state index in [0.29, 0.717) is 17.1 Å². The highest BCUT2D eigenvalue weighted by molar-refractivity contribution is 6.06. The Bertz CT molecular complexity index is 745. The van der Waals surface area contributed by atoms with E-state index in [1.165, 1.54) is 20.4 Å². The number of urea groups is 1. The fraction of sp³-hybridized carbons (Fsp3) is 0.412. The lowest BCUT2D eigenvalue weighted by Gasteiger charge is -2.15. The van der Waals surface area contributed by atoms with Gasteiger partial charge in [-0.15, -0.1) is 0 Å². The summed E-state index contributed by atoms with van der Waals surface area (Å²) < 4.78 is 10.5. The number of carbonyl (C=O) groups excluding carboxylic acids is 3. The van der Waals surface area contributed by atoms with E-state index < -0.39 is 17.5 Å². The summed E-state index contributed by atoms with van der Waals surface area (Å²) in [5, 5.41) is 6.43. The Balaban J connectivity index is 1.91. The van der Waals surface area contributed by atoms with Crippen molar-refractivity contribution in [3.63, 3.8) is 0 Å². The van der Waals surface area contributed by atoms with E-state index >= 15 is 0 Å². The van der Waals surface area contributed by atoms with Crippen LogP contribution in [0.2, 0.25) is 0 Å². The minimum atomic E-state index is -0.950. The molecule has 4 amide bonds. The fourth-order valence-electron chi connectivity index (χ4n) is 2.48. The van der Waals surface area contributed by atoms with E-state index in [9.17, 15) is 14.4 Å². The van der Waals surface area contributed by atoms with Gasteiger partial charge in [0, 0.05) is 18.5 Å². The zero-order valence-electron chi connectivity index (χ0n) is 15.2. The third kappa shape index (κ3) is 4.11. The number of imide groups is 1. The number of nitrogens with zero attached hydrogens (tertiary/aromatic N) is 2. The molecule has 2 rings (SSSR count). The summed E-state index contributed by atoms with van der Waals surface area (Å²) in [6.07, 6.45) is 1.37. The topological polar surface area (TPSA) is 109 Å². The first-order valence-corrected chi connectivity index (χ1v) is 7.97. The Kier molecular flexibility index (Phi) is 5.81. The van der Waals surface area contributed by atoms with Crippen molar-refractivity contribution >= 4 is 24.1 Å². The Morgan fingerprint density at radius 1 is 1.31 bits per heavy atom. The van der Waals surface area contributed by atoms with E-state index in [-0.39, 0.29) is 18.9 Å². The van der Waals surface area contributed by atoms with Crippen LogP contribution in [0.5, 0.6) is 11.5 Å². The molecule has 0 saturated carbocycles. The average Bonchev–Trinajstić information content (AvgIpc) is 2.80. The van der Waals surface area contributed by atoms with Crippen LogP contribution in [0.15, 0.2) is 23.3 Å². The number of amides is 4. The van der Waals surface area contributed by atoms with Crippen LogP contribution < -0.4 is 20.2 Å². The van der Waals surface area contributed by atoms with Gasteiger partial charge in [0.15, 0.2) is 11.5 Å². The average molecular weight is 362 g/mol. The van der Waals surface area contributed by atoms with Crippen molar-refractivity contribution in [3.8, 4) is 11.5 Å². The highest BCUT2D eigenvalue weighted by Crippen LogP contribution is 2.29. The molecule has 1 aliphatic heterocycles. The molecule has 0 bridgehead atoms. The Morgan fingerprint density at radius 3 is 2.62 bits per heavy atom. The molecule has 1 aliphatic rings. The highest BCUT2D eigenvalue weighted by atomic mass is 16.5. The molecule has 1 saturated heterocycles. The number of para-hydroxylation sites is 1. The van der Waals surface area contributed by atoms with E-state index in [1.807, 2.05) is 0 Å². The summed E-state index contributed by atoms with van der Waals surface area (Å²) >= 11 is 0. The lowest BCUT2D eigenvalue weighted by Crippen LogP contribution is -2.40. The maximum Gasteiger partial charge on any atom is 0.325 e. The van der Waals surface area contributed by atoms with Gasteiger partial charge in [-0.05, 0) is 26.0 Å². The largest absolute Gasteiger partial charge is 0.493 e. The third-order valence-corrected chi connectivity index (χ3v) is 3.83. The van der Waals surface area contributed by atoms with Gasteiger partial charge in [-0.1, -0.05) is 6.07 Å². The van der Waals surface area contributed by atoms with Gasteiger partial charge < -0.3 is 14.8 Å². The summed E-state index contributed by atoms with van der Waals surface area (Å²) in [5.41, 5.74) is 2.04. The number of nitrogens with one attached hydrogen (secondary N) is 2. The lowest BCUT2D eigenvalue weighted by atomic mass is 10.1. The van der Waals surface area contributed by atoms with Crippen molar-refractivity contribution in [2.45, 2.75) is 25.8 Å². The van der Waals surface area contributed by atoms with Gasteiger partial charge in [-0.25, -0.2) is 10.2 Å². The monoisotopic (exact) mass is 362 g/mol. The van der Waals surface area contributed by atoms with Crippen molar-refractivity contribution in [3.05, 3.63) is 23.8 Å². The van der Waals surface area contributed by atoms with Gasteiger partial charge in [-0.3, -0.25) is 14.5 Å². The molecule has 0 spiro atoms. The number of hydrazone groups is 1. The first-order valence-electron chi connectivity index (χ1n) is 7.97. The van der Waals surface area contributed by atoms with E-state index in [2.05, 4.69) is 15.8 Å². The van der Waals surface area contributed by atoms with Gasteiger partial charge in [-0.2, -0.15) is 5.10 Å². The van der Waals surface area contributed by atoms with Crippen LogP contribution in [0.25, 0.3) is 0 Å². The minimum absolute atomic E-state index is 0.0159. The van der Waals surface area contributed by atoms with Crippen molar-refractivity contribution in [2.24, 2.45) is 5.10 Å². The molecule has 9 nitrogen and oxygen atoms in total. The number of benzene rings is 1. The van der Waals surface area contributed by atoms with Gasteiger partial charge in [0.05, 0.1) is 20.4 Å². The van der Waals surface area contributed by atoms with Gasteiger partial charge in [0.1, 0.15) is 5.54 Å². The number of ether oxygens (including phenoxy) is 2. The number of hydrogen-bond acceptors (Lipinski definition) is 6. The van der Waals surface area contributed by atoms with E-state index in [4.69, 9.17) is 9.47 Å². The lowest BCUT2D eigenvalue weighted by molar-refractivity contribution is -0.130. The molecule has 1 aromatic rings. The predicted molar refractivity (Wildman–Crippen MR) is 94.2 cm³/mol. The highest BCUT2D eigenvalue weighted by Gasteiger charge is 2.43. The summed E-state index contributed by atoms with van der Waals surface area (Å²) in [7, 11) is 3.03. The van der Waals surface area contributed by atoms with Crippen molar-refractivity contribution in [2.75, 3.05) is 20.8 Å².